The second-order valence-electron chi connectivity index (χ2n) is 10.6. The number of allylic oxidation sites excluding steroid dienone is 4. The number of ether oxygens (including phenoxy) is 2. The Hall–Kier alpha value is -4.44. The number of benzene rings is 1. The number of nitrogens with two attached hydrogens (primary N) is 1. The molecule has 10 nitrogen and oxygen atoms in total. The van der Waals surface area contributed by atoms with Crippen LogP contribution >= 0.6 is 0 Å². The van der Waals surface area contributed by atoms with Crippen molar-refractivity contribution >= 4 is 29.2 Å². The number of para-hydroxylation sites is 2. The van der Waals surface area contributed by atoms with Gasteiger partial charge in [0, 0.05) is 25.7 Å². The topological polar surface area (TPSA) is 122 Å². The predicted molar refractivity (Wildman–Crippen MR) is 165 cm³/mol. The van der Waals surface area contributed by atoms with Crippen molar-refractivity contribution in [3.63, 3.8) is 0 Å². The van der Waals surface area contributed by atoms with Gasteiger partial charge in [-0.2, -0.15) is 4.99 Å². The first-order chi connectivity index (χ1) is 20.4. The van der Waals surface area contributed by atoms with Crippen molar-refractivity contribution in [1.82, 2.24) is 14.8 Å². The van der Waals surface area contributed by atoms with Crippen LogP contribution < -0.4 is 11.1 Å². The Kier molecular flexibility index (Phi) is 11.3. The molecule has 0 saturated heterocycles. The van der Waals surface area contributed by atoms with Crippen LogP contribution in [-0.4, -0.2) is 66.4 Å². The molecule has 0 bridgehead atoms. The van der Waals surface area contributed by atoms with E-state index in [2.05, 4.69) is 32.3 Å². The molecule has 10 heteroatoms. The summed E-state index contributed by atoms with van der Waals surface area (Å²) >= 11 is 0. The molecule has 0 unspecified atom stereocenters. The normalized spacial score (nSPS) is 15.5. The van der Waals surface area contributed by atoms with Gasteiger partial charge in [-0.25, -0.2) is 4.79 Å². The van der Waals surface area contributed by atoms with E-state index in [9.17, 15) is 9.59 Å². The second kappa shape index (κ2) is 15.5. The maximum absolute atomic E-state index is 13.4. The van der Waals surface area contributed by atoms with E-state index >= 15 is 0 Å². The van der Waals surface area contributed by atoms with Crippen LogP contribution in [0.4, 0.5) is 16.2 Å². The molecule has 0 spiro atoms. The number of carbonyl (C=O) groups is 2. The van der Waals surface area contributed by atoms with Crippen molar-refractivity contribution in [1.29, 1.82) is 0 Å². The van der Waals surface area contributed by atoms with E-state index in [-0.39, 0.29) is 24.1 Å². The summed E-state index contributed by atoms with van der Waals surface area (Å²) in [7, 11) is 4.10. The molecule has 3 amide bonds. The van der Waals surface area contributed by atoms with Crippen LogP contribution in [0.2, 0.25) is 0 Å². The van der Waals surface area contributed by atoms with Crippen molar-refractivity contribution < 1.29 is 19.1 Å². The quantitative estimate of drug-likeness (QED) is 0.254. The molecule has 2 heterocycles. The second-order valence-corrected chi connectivity index (χ2v) is 10.6. The highest BCUT2D eigenvalue weighted by Crippen LogP contribution is 2.23. The van der Waals surface area contributed by atoms with E-state index in [1.54, 1.807) is 53.8 Å². The molecule has 1 aromatic carbocycles. The van der Waals surface area contributed by atoms with E-state index in [1.165, 1.54) is 5.57 Å². The summed E-state index contributed by atoms with van der Waals surface area (Å²) in [5, 5.41) is 2.78. The zero-order valence-electron chi connectivity index (χ0n) is 24.4. The maximum atomic E-state index is 13.4. The molecule has 1 aliphatic carbocycles. The Bertz CT molecular complexity index is 1350. The fraction of sp³-hybridized carbons (Fsp3) is 0.375. The maximum Gasteiger partial charge on any atom is 0.346 e. The van der Waals surface area contributed by atoms with Crippen molar-refractivity contribution in [2.75, 3.05) is 44.8 Å². The molecule has 3 N–H and O–H groups in total. The molecule has 1 aliphatic heterocycles. The van der Waals surface area contributed by atoms with Gasteiger partial charge in [-0.05, 0) is 70.1 Å². The lowest BCUT2D eigenvalue weighted by atomic mass is 10.0. The molecule has 0 atom stereocenters. The number of nitrogens with one attached hydrogen (secondary N) is 1. The van der Waals surface area contributed by atoms with E-state index in [1.807, 2.05) is 20.2 Å². The number of nitrogen functional groups attached to an aromatic ring is 1. The minimum absolute atomic E-state index is 0.0994. The minimum atomic E-state index is -0.399. The van der Waals surface area contributed by atoms with Crippen LogP contribution in [0.1, 0.15) is 54.6 Å². The molecule has 222 valence electrons. The highest BCUT2D eigenvalue weighted by atomic mass is 16.6. The number of amides is 3. The summed E-state index contributed by atoms with van der Waals surface area (Å²) < 4.78 is 11.5. The average molecular weight is 573 g/mol. The van der Waals surface area contributed by atoms with Crippen LogP contribution in [0.5, 0.6) is 0 Å². The van der Waals surface area contributed by atoms with Crippen LogP contribution in [0, 0.1) is 0 Å². The number of hydrogen-bond acceptors (Lipinski definition) is 7. The Morgan fingerprint density at radius 1 is 1.10 bits per heavy atom. The number of urea groups is 1. The van der Waals surface area contributed by atoms with E-state index in [4.69, 9.17) is 15.2 Å². The summed E-state index contributed by atoms with van der Waals surface area (Å²) in [6.45, 7) is 1.92. The first kappa shape index (κ1) is 30.5. The number of nitrogens with zero attached hydrogens (tertiary/aromatic N) is 4. The largest absolute Gasteiger partial charge is 0.488 e. The van der Waals surface area contributed by atoms with Crippen molar-refractivity contribution in [2.45, 2.75) is 45.1 Å². The minimum Gasteiger partial charge on any atom is -0.488 e. The molecular formula is C32H40N6O4. The summed E-state index contributed by atoms with van der Waals surface area (Å²) in [5.74, 6) is 0.519. The van der Waals surface area contributed by atoms with Gasteiger partial charge >= 0.3 is 6.03 Å². The highest BCUT2D eigenvalue weighted by molar-refractivity contribution is 6.04. The Balaban J connectivity index is 1.40. The van der Waals surface area contributed by atoms with Crippen LogP contribution in [-0.2, 0) is 16.0 Å². The Labute approximate surface area is 247 Å². The van der Waals surface area contributed by atoms with E-state index in [0.29, 0.717) is 36.6 Å². The van der Waals surface area contributed by atoms with E-state index in [0.717, 1.165) is 44.2 Å². The Morgan fingerprint density at radius 3 is 2.67 bits per heavy atom. The molecule has 0 saturated carbocycles. The van der Waals surface area contributed by atoms with Gasteiger partial charge in [-0.1, -0.05) is 48.4 Å². The number of aromatic nitrogens is 1. The van der Waals surface area contributed by atoms with E-state index < -0.39 is 6.03 Å². The smallest absolute Gasteiger partial charge is 0.346 e. The molecule has 2 aliphatic rings. The van der Waals surface area contributed by atoms with Crippen molar-refractivity contribution in [2.24, 2.45) is 4.99 Å². The van der Waals surface area contributed by atoms with Gasteiger partial charge < -0.3 is 30.3 Å². The molecule has 0 radical (unpaired) electrons. The molecular weight excluding hydrogens is 532 g/mol. The summed E-state index contributed by atoms with van der Waals surface area (Å²) in [5.41, 5.74) is 9.21. The molecule has 4 rings (SSSR count). The fourth-order valence-corrected chi connectivity index (χ4v) is 4.56. The van der Waals surface area contributed by atoms with Gasteiger partial charge in [0.25, 0.3) is 5.91 Å². The van der Waals surface area contributed by atoms with Gasteiger partial charge in [0.1, 0.15) is 17.7 Å². The average Bonchev–Trinajstić information content (AvgIpc) is 2.98. The summed E-state index contributed by atoms with van der Waals surface area (Å²) in [6, 6.07) is 10.1. The first-order valence-electron chi connectivity index (χ1n) is 14.3. The van der Waals surface area contributed by atoms with Gasteiger partial charge in [-0.15, -0.1) is 0 Å². The number of carbonyl (C=O) groups excluding carboxylic acids is 2. The third kappa shape index (κ3) is 9.59. The lowest BCUT2D eigenvalue weighted by molar-refractivity contribution is 0.102. The van der Waals surface area contributed by atoms with Crippen LogP contribution in [0.15, 0.2) is 83.4 Å². The Morgan fingerprint density at radius 2 is 1.93 bits per heavy atom. The zero-order chi connectivity index (χ0) is 29.7. The number of unbranched alkanes of at least 4 members (excludes halogenated alkanes) is 2. The summed E-state index contributed by atoms with van der Waals surface area (Å²) in [6.07, 6.45) is 14.9. The lowest BCUT2D eigenvalue weighted by Gasteiger charge is -2.23. The molecule has 42 heavy (non-hydrogen) atoms. The molecule has 1 aromatic heterocycles. The third-order valence-electron chi connectivity index (χ3n) is 6.84. The van der Waals surface area contributed by atoms with Crippen molar-refractivity contribution in [3.05, 3.63) is 89.7 Å². The SMILES string of the molecule is CN(C)CCCCCN(Cc1ccc(C(=O)Nc2ccccc2N)nc1)C(=O)N=C1COC=C(CC2=CC=CCC2)O1. The number of anilines is 2. The predicted octanol–water partition coefficient (Wildman–Crippen LogP) is 5.52. The van der Waals surface area contributed by atoms with Gasteiger partial charge in [0.15, 0.2) is 6.61 Å². The molecule has 2 aromatic rings. The standard InChI is InChI=1S/C32H40N6O4/c1-37(2)17-9-4-10-18-38(32(40)36-30-23-41-22-26(42-30)19-24-11-5-3-6-12-24)21-25-15-16-29(34-20-25)31(39)35-28-14-8-7-13-27(28)33/h3,5,7-8,11,13-16,20,22H,4,6,9-10,12,17-19,21,23,33H2,1-2H3,(H,35,39). The monoisotopic (exact) mass is 572 g/mol. The van der Waals surface area contributed by atoms with Crippen LogP contribution in [0.3, 0.4) is 0 Å². The van der Waals surface area contributed by atoms with Crippen molar-refractivity contribution in [3.8, 4) is 0 Å². The van der Waals surface area contributed by atoms with Gasteiger partial charge in [0.2, 0.25) is 5.90 Å². The van der Waals surface area contributed by atoms with Gasteiger partial charge in [-0.3, -0.25) is 9.78 Å². The zero-order valence-corrected chi connectivity index (χ0v) is 24.4. The number of pyridine rings is 1. The van der Waals surface area contributed by atoms with Crippen LogP contribution in [0.25, 0.3) is 0 Å². The number of aliphatic imine (C=N–C) groups is 1. The summed E-state index contributed by atoms with van der Waals surface area (Å²) in [4.78, 5) is 38.5. The third-order valence-corrected chi connectivity index (χ3v) is 6.84. The fourth-order valence-electron chi connectivity index (χ4n) is 4.56. The first-order valence-corrected chi connectivity index (χ1v) is 14.3. The lowest BCUT2D eigenvalue weighted by Crippen LogP contribution is -2.31. The van der Waals surface area contributed by atoms with Gasteiger partial charge in [0.05, 0.1) is 11.4 Å². The molecule has 0 fully saturated rings. The number of rotatable bonds is 12. The highest BCUT2D eigenvalue weighted by Gasteiger charge is 2.20. The number of hydrogen-bond donors (Lipinski definition) is 2.